The summed E-state index contributed by atoms with van der Waals surface area (Å²) in [5, 5.41) is 11.5. The number of para-hydroxylation sites is 1. The van der Waals surface area contributed by atoms with Crippen LogP contribution in [0, 0.1) is 0 Å². The maximum atomic E-state index is 13.4. The van der Waals surface area contributed by atoms with Crippen LogP contribution in [0.15, 0.2) is 103 Å². The molecule has 1 aromatic heterocycles. The molecule has 2 heterocycles. The lowest BCUT2D eigenvalue weighted by Gasteiger charge is -2.23. The average Bonchev–Trinajstić information content (AvgIpc) is 3.46. The zero-order valence-corrected chi connectivity index (χ0v) is 18.1. The number of amides is 1. The van der Waals surface area contributed by atoms with E-state index < -0.39 is 11.5 Å². The molecule has 5 nitrogen and oxygen atoms in total. The van der Waals surface area contributed by atoms with Crippen molar-refractivity contribution < 1.29 is 14.7 Å². The summed E-state index contributed by atoms with van der Waals surface area (Å²) in [6, 6.07) is 28.1. The molecular weight excluding hydrogens is 412 g/mol. The van der Waals surface area contributed by atoms with Crippen LogP contribution in [0.3, 0.4) is 0 Å². The van der Waals surface area contributed by atoms with Crippen molar-refractivity contribution in [3.63, 3.8) is 0 Å². The molecule has 0 radical (unpaired) electrons. The van der Waals surface area contributed by atoms with Gasteiger partial charge in [0.1, 0.15) is 0 Å². The van der Waals surface area contributed by atoms with Gasteiger partial charge in [0.25, 0.3) is 5.91 Å². The number of fused-ring (bicyclic) bond motifs is 1. The maximum Gasteiger partial charge on any atom is 0.264 e. The van der Waals surface area contributed by atoms with Crippen LogP contribution in [0.25, 0.3) is 5.69 Å². The van der Waals surface area contributed by atoms with Crippen LogP contribution in [0.2, 0.25) is 0 Å². The highest BCUT2D eigenvalue weighted by Crippen LogP contribution is 2.42. The summed E-state index contributed by atoms with van der Waals surface area (Å²) in [6.45, 7) is 0.432. The Balaban J connectivity index is 1.38. The van der Waals surface area contributed by atoms with E-state index in [0.29, 0.717) is 29.8 Å². The van der Waals surface area contributed by atoms with E-state index in [1.54, 1.807) is 29.2 Å². The SMILES string of the molecule is O=C(C[C@]1(O)C(=O)N(CCc2ccccc2)c2ccccc21)c1ccc(-n2cccc2)cc1. The number of Topliss-reactive ketones (excluding diaryl/α,β-unsaturated/α-hetero) is 1. The second-order valence-corrected chi connectivity index (χ2v) is 8.31. The number of aromatic nitrogens is 1. The third-order valence-electron chi connectivity index (χ3n) is 6.21. The van der Waals surface area contributed by atoms with Crippen LogP contribution < -0.4 is 4.90 Å². The Labute approximate surface area is 192 Å². The number of aliphatic hydroxyl groups is 1. The minimum absolute atomic E-state index is 0.274. The predicted molar refractivity (Wildman–Crippen MR) is 128 cm³/mol. The molecule has 4 aromatic rings. The van der Waals surface area contributed by atoms with E-state index in [0.717, 1.165) is 11.3 Å². The van der Waals surface area contributed by atoms with Crippen molar-refractivity contribution in [2.24, 2.45) is 0 Å². The number of ketones is 1. The molecule has 1 N–H and O–H groups in total. The topological polar surface area (TPSA) is 62.5 Å². The number of hydrogen-bond donors (Lipinski definition) is 1. The molecule has 0 spiro atoms. The molecule has 0 aliphatic carbocycles. The van der Waals surface area contributed by atoms with Gasteiger partial charge >= 0.3 is 0 Å². The minimum Gasteiger partial charge on any atom is -0.375 e. The van der Waals surface area contributed by atoms with E-state index in [-0.39, 0.29) is 12.2 Å². The van der Waals surface area contributed by atoms with Gasteiger partial charge in [-0.3, -0.25) is 9.59 Å². The molecule has 5 heteroatoms. The molecule has 1 aliphatic heterocycles. The smallest absolute Gasteiger partial charge is 0.264 e. The Morgan fingerprint density at radius 1 is 0.818 bits per heavy atom. The summed E-state index contributed by atoms with van der Waals surface area (Å²) in [5.74, 6) is -0.721. The average molecular weight is 437 g/mol. The van der Waals surface area contributed by atoms with Crippen LogP contribution in [0.5, 0.6) is 0 Å². The third-order valence-corrected chi connectivity index (χ3v) is 6.21. The van der Waals surface area contributed by atoms with Crippen molar-refractivity contribution in [3.8, 4) is 5.69 Å². The number of benzene rings is 3. The first-order chi connectivity index (χ1) is 16.1. The second-order valence-electron chi connectivity index (χ2n) is 8.31. The molecule has 1 atom stereocenters. The van der Waals surface area contributed by atoms with Gasteiger partial charge < -0.3 is 14.6 Å². The van der Waals surface area contributed by atoms with E-state index in [4.69, 9.17) is 0 Å². The van der Waals surface area contributed by atoms with Crippen LogP contribution >= 0.6 is 0 Å². The molecule has 0 saturated carbocycles. The van der Waals surface area contributed by atoms with E-state index in [1.807, 2.05) is 83.7 Å². The molecule has 0 saturated heterocycles. The van der Waals surface area contributed by atoms with Crippen molar-refractivity contribution in [3.05, 3.63) is 120 Å². The van der Waals surface area contributed by atoms with Crippen LogP contribution in [-0.4, -0.2) is 27.9 Å². The Hall–Kier alpha value is -3.96. The monoisotopic (exact) mass is 436 g/mol. The van der Waals surface area contributed by atoms with Gasteiger partial charge in [0.05, 0.1) is 12.1 Å². The first-order valence-corrected chi connectivity index (χ1v) is 11.0. The molecule has 0 fully saturated rings. The first kappa shape index (κ1) is 20.9. The number of anilines is 1. The maximum absolute atomic E-state index is 13.4. The van der Waals surface area contributed by atoms with Gasteiger partial charge in [-0.15, -0.1) is 0 Å². The zero-order chi connectivity index (χ0) is 22.8. The Bertz CT molecular complexity index is 1280. The fourth-order valence-corrected chi connectivity index (χ4v) is 4.45. The van der Waals surface area contributed by atoms with Crippen molar-refractivity contribution in [2.75, 3.05) is 11.4 Å². The lowest BCUT2D eigenvalue weighted by atomic mass is 9.88. The molecule has 0 bridgehead atoms. The highest BCUT2D eigenvalue weighted by Gasteiger charge is 2.50. The van der Waals surface area contributed by atoms with Crippen LogP contribution in [0.4, 0.5) is 5.69 Å². The molecular formula is C28H24N2O3. The van der Waals surface area contributed by atoms with Gasteiger partial charge in [0.2, 0.25) is 0 Å². The summed E-state index contributed by atoms with van der Waals surface area (Å²) in [6.07, 6.45) is 4.22. The van der Waals surface area contributed by atoms with Crippen LogP contribution in [-0.2, 0) is 16.8 Å². The van der Waals surface area contributed by atoms with Gasteiger partial charge in [0, 0.05) is 35.8 Å². The standard InChI is InChI=1S/C28H24N2O3/c31-26(22-12-14-23(15-13-22)29-17-6-7-18-29)20-28(33)24-10-4-5-11-25(24)30(27(28)32)19-16-21-8-2-1-3-9-21/h1-15,17-18,33H,16,19-20H2/t28-/m1/s1. The quantitative estimate of drug-likeness (QED) is 0.433. The molecule has 1 amide bonds. The van der Waals surface area contributed by atoms with Crippen molar-refractivity contribution >= 4 is 17.4 Å². The van der Waals surface area contributed by atoms with Gasteiger partial charge in [-0.25, -0.2) is 0 Å². The van der Waals surface area contributed by atoms with Crippen LogP contribution in [0.1, 0.15) is 27.9 Å². The van der Waals surface area contributed by atoms with Gasteiger partial charge in [-0.1, -0.05) is 48.5 Å². The van der Waals surface area contributed by atoms with E-state index in [1.165, 1.54) is 0 Å². The lowest BCUT2D eigenvalue weighted by molar-refractivity contribution is -0.135. The zero-order valence-electron chi connectivity index (χ0n) is 18.1. The lowest BCUT2D eigenvalue weighted by Crippen LogP contribution is -2.42. The van der Waals surface area contributed by atoms with E-state index in [2.05, 4.69) is 0 Å². The Kier molecular flexibility index (Phi) is 5.40. The largest absolute Gasteiger partial charge is 0.375 e. The molecule has 33 heavy (non-hydrogen) atoms. The second kappa shape index (κ2) is 8.52. The number of rotatable bonds is 7. The highest BCUT2D eigenvalue weighted by atomic mass is 16.3. The van der Waals surface area contributed by atoms with Gasteiger partial charge in [0.15, 0.2) is 11.4 Å². The van der Waals surface area contributed by atoms with E-state index >= 15 is 0 Å². The van der Waals surface area contributed by atoms with Crippen molar-refractivity contribution in [1.29, 1.82) is 0 Å². The third kappa shape index (κ3) is 3.88. The summed E-state index contributed by atoms with van der Waals surface area (Å²) >= 11 is 0. The van der Waals surface area contributed by atoms with Crippen molar-refractivity contribution in [1.82, 2.24) is 4.57 Å². The number of hydrogen-bond acceptors (Lipinski definition) is 3. The molecule has 164 valence electrons. The molecule has 1 aliphatic rings. The summed E-state index contributed by atoms with van der Waals surface area (Å²) in [5.41, 5.74) is 1.79. The summed E-state index contributed by atoms with van der Waals surface area (Å²) in [4.78, 5) is 28.1. The summed E-state index contributed by atoms with van der Waals surface area (Å²) < 4.78 is 1.95. The molecule has 3 aromatic carbocycles. The number of nitrogens with zero attached hydrogens (tertiary/aromatic N) is 2. The fourth-order valence-electron chi connectivity index (χ4n) is 4.45. The Morgan fingerprint density at radius 2 is 1.48 bits per heavy atom. The fraction of sp³-hybridized carbons (Fsp3) is 0.143. The number of carbonyl (C=O) groups is 2. The summed E-state index contributed by atoms with van der Waals surface area (Å²) in [7, 11) is 0. The van der Waals surface area contributed by atoms with Gasteiger partial charge in [-0.05, 0) is 54.4 Å². The molecule has 0 unspecified atom stereocenters. The minimum atomic E-state index is -1.87. The van der Waals surface area contributed by atoms with Crippen molar-refractivity contribution in [2.45, 2.75) is 18.4 Å². The first-order valence-electron chi connectivity index (χ1n) is 11.0. The normalized spacial score (nSPS) is 17.2. The number of carbonyl (C=O) groups excluding carboxylic acids is 2. The van der Waals surface area contributed by atoms with E-state index in [9.17, 15) is 14.7 Å². The van der Waals surface area contributed by atoms with Gasteiger partial charge in [-0.2, -0.15) is 0 Å². The Morgan fingerprint density at radius 3 is 2.21 bits per heavy atom. The highest BCUT2D eigenvalue weighted by molar-refractivity contribution is 6.10. The predicted octanol–water partition coefficient (Wildman–Crippen LogP) is 4.53. The molecule has 5 rings (SSSR count).